The van der Waals surface area contributed by atoms with Crippen molar-refractivity contribution in [3.8, 4) is 0 Å². The van der Waals surface area contributed by atoms with E-state index in [4.69, 9.17) is 10.7 Å². The lowest BCUT2D eigenvalue weighted by atomic mass is 10.1. The van der Waals surface area contributed by atoms with Gasteiger partial charge in [0.1, 0.15) is 0 Å². The molecule has 0 spiro atoms. The highest BCUT2D eigenvalue weighted by molar-refractivity contribution is 7.11. The predicted octanol–water partition coefficient (Wildman–Crippen LogP) is 2.99. The summed E-state index contributed by atoms with van der Waals surface area (Å²) in [4.78, 5) is 6.18. The van der Waals surface area contributed by atoms with E-state index in [-0.39, 0.29) is 0 Å². The molecular weight excluding hydrogens is 204 g/mol. The zero-order chi connectivity index (χ0) is 10.6. The van der Waals surface area contributed by atoms with Crippen molar-refractivity contribution in [2.75, 3.05) is 0 Å². The molecule has 1 atom stereocenters. The van der Waals surface area contributed by atoms with Crippen molar-refractivity contribution in [2.45, 2.75) is 51.5 Å². The summed E-state index contributed by atoms with van der Waals surface area (Å²) in [6, 6.07) is 0. The van der Waals surface area contributed by atoms with Crippen LogP contribution in [0.3, 0.4) is 0 Å². The van der Waals surface area contributed by atoms with Gasteiger partial charge in [0.2, 0.25) is 0 Å². The molecule has 0 aliphatic heterocycles. The van der Waals surface area contributed by atoms with Crippen LogP contribution in [-0.4, -0.2) is 4.98 Å². The van der Waals surface area contributed by atoms with E-state index in [2.05, 4.69) is 13.8 Å². The molecule has 82 valence electrons. The average molecular weight is 222 g/mol. The molecule has 0 amide bonds. The van der Waals surface area contributed by atoms with Gasteiger partial charge >= 0.3 is 0 Å². The molecule has 1 aromatic heterocycles. The molecule has 2 saturated carbocycles. The summed E-state index contributed by atoms with van der Waals surface area (Å²) >= 11 is 1.86. The van der Waals surface area contributed by atoms with Crippen molar-refractivity contribution in [3.05, 3.63) is 15.6 Å². The molecule has 0 aromatic carbocycles. The summed E-state index contributed by atoms with van der Waals surface area (Å²) in [7, 11) is 0. The minimum Gasteiger partial charge on any atom is -0.326 e. The lowest BCUT2D eigenvalue weighted by molar-refractivity contribution is 0.619. The third-order valence-corrected chi connectivity index (χ3v) is 4.91. The van der Waals surface area contributed by atoms with Crippen LogP contribution < -0.4 is 5.73 Å². The normalized spacial score (nSPS) is 28.1. The molecule has 0 radical (unpaired) electrons. The molecule has 0 bridgehead atoms. The van der Waals surface area contributed by atoms with E-state index in [1.807, 2.05) is 11.3 Å². The van der Waals surface area contributed by atoms with E-state index in [0.717, 1.165) is 5.92 Å². The molecule has 2 fully saturated rings. The van der Waals surface area contributed by atoms with Crippen LogP contribution in [0.1, 0.15) is 60.5 Å². The fraction of sp³-hybridized carbons (Fsp3) is 0.750. The highest BCUT2D eigenvalue weighted by Gasteiger charge is 2.49. The van der Waals surface area contributed by atoms with E-state index >= 15 is 0 Å². The molecule has 2 aliphatic carbocycles. The van der Waals surface area contributed by atoms with Crippen molar-refractivity contribution >= 4 is 11.3 Å². The van der Waals surface area contributed by atoms with Gasteiger partial charge < -0.3 is 5.73 Å². The minimum atomic E-state index is 0.491. The number of nitrogens with zero attached hydrogens (tertiary/aromatic N) is 1. The Balaban J connectivity index is 1.90. The fourth-order valence-corrected chi connectivity index (χ4v) is 3.58. The molecule has 1 unspecified atom stereocenters. The molecule has 15 heavy (non-hydrogen) atoms. The van der Waals surface area contributed by atoms with Gasteiger partial charge in [-0.1, -0.05) is 13.8 Å². The van der Waals surface area contributed by atoms with E-state index in [1.54, 1.807) is 0 Å². The van der Waals surface area contributed by atoms with Gasteiger partial charge in [0.15, 0.2) is 0 Å². The third-order valence-electron chi connectivity index (χ3n) is 3.71. The zero-order valence-corrected chi connectivity index (χ0v) is 10.2. The molecule has 1 aromatic rings. The van der Waals surface area contributed by atoms with Crippen LogP contribution in [0.4, 0.5) is 0 Å². The first kappa shape index (κ1) is 9.79. The highest BCUT2D eigenvalue weighted by Crippen LogP contribution is 2.60. The number of nitrogens with two attached hydrogens (primary N) is 1. The largest absolute Gasteiger partial charge is 0.326 e. The Bertz CT molecular complexity index is 390. The molecule has 1 heterocycles. The highest BCUT2D eigenvalue weighted by atomic mass is 32.1. The van der Waals surface area contributed by atoms with Crippen LogP contribution in [0.15, 0.2) is 0 Å². The summed E-state index contributed by atoms with van der Waals surface area (Å²) in [6.07, 6.45) is 3.95. The van der Waals surface area contributed by atoms with Crippen LogP contribution in [-0.2, 0) is 6.54 Å². The van der Waals surface area contributed by atoms with Gasteiger partial charge in [0, 0.05) is 23.3 Å². The third kappa shape index (κ3) is 1.62. The first-order valence-corrected chi connectivity index (χ1v) is 6.63. The molecule has 2 aliphatic rings. The fourth-order valence-electron chi connectivity index (χ4n) is 2.24. The summed E-state index contributed by atoms with van der Waals surface area (Å²) in [6.45, 7) is 5.34. The summed E-state index contributed by atoms with van der Waals surface area (Å²) in [5.74, 6) is 1.45. The Labute approximate surface area is 94.9 Å². The Morgan fingerprint density at radius 3 is 2.60 bits per heavy atom. The first-order valence-electron chi connectivity index (χ1n) is 5.81. The average Bonchev–Trinajstić information content (AvgIpc) is 3.08. The van der Waals surface area contributed by atoms with Gasteiger partial charge in [-0.3, -0.25) is 0 Å². The summed E-state index contributed by atoms with van der Waals surface area (Å²) in [5, 5.41) is 1.35. The summed E-state index contributed by atoms with van der Waals surface area (Å²) in [5.41, 5.74) is 7.61. The predicted molar refractivity (Wildman–Crippen MR) is 63.1 cm³/mol. The second kappa shape index (κ2) is 3.05. The van der Waals surface area contributed by atoms with Gasteiger partial charge in [0.05, 0.1) is 10.7 Å². The number of hydrogen-bond acceptors (Lipinski definition) is 3. The van der Waals surface area contributed by atoms with Crippen molar-refractivity contribution < 1.29 is 0 Å². The first-order chi connectivity index (χ1) is 7.12. The van der Waals surface area contributed by atoms with Gasteiger partial charge in [0.25, 0.3) is 0 Å². The second-order valence-electron chi connectivity index (χ2n) is 5.58. The van der Waals surface area contributed by atoms with Crippen molar-refractivity contribution in [1.29, 1.82) is 0 Å². The number of rotatable bonds is 3. The van der Waals surface area contributed by atoms with Crippen LogP contribution in [0.5, 0.6) is 0 Å². The maximum atomic E-state index is 5.79. The van der Waals surface area contributed by atoms with E-state index in [0.29, 0.717) is 17.9 Å². The molecule has 0 saturated heterocycles. The van der Waals surface area contributed by atoms with Crippen molar-refractivity contribution in [1.82, 2.24) is 4.98 Å². The van der Waals surface area contributed by atoms with Gasteiger partial charge in [-0.25, -0.2) is 4.98 Å². The number of aromatic nitrogens is 1. The smallest absolute Gasteiger partial charge is 0.0968 e. The van der Waals surface area contributed by atoms with Gasteiger partial charge in [-0.15, -0.1) is 11.3 Å². The van der Waals surface area contributed by atoms with Crippen LogP contribution in [0.25, 0.3) is 0 Å². The van der Waals surface area contributed by atoms with E-state index < -0.39 is 0 Å². The molecular formula is C12H18N2S. The van der Waals surface area contributed by atoms with Crippen molar-refractivity contribution in [3.63, 3.8) is 0 Å². The van der Waals surface area contributed by atoms with Crippen LogP contribution in [0.2, 0.25) is 0 Å². The summed E-state index contributed by atoms with van der Waals surface area (Å²) < 4.78 is 0. The maximum Gasteiger partial charge on any atom is 0.0968 e. The standard InChI is InChI=1S/C12H18N2S/c1-12(2)5-8(12)11-14-10(7-3-4-7)9(6-13)15-11/h7-8H,3-6,13H2,1-2H3. The van der Waals surface area contributed by atoms with Gasteiger partial charge in [-0.05, 0) is 24.7 Å². The molecule has 3 rings (SSSR count). The number of hydrogen-bond donors (Lipinski definition) is 1. The van der Waals surface area contributed by atoms with Gasteiger partial charge in [-0.2, -0.15) is 0 Å². The Kier molecular flexibility index (Phi) is 1.99. The minimum absolute atomic E-state index is 0.491. The Hall–Kier alpha value is -0.410. The zero-order valence-electron chi connectivity index (χ0n) is 9.42. The quantitative estimate of drug-likeness (QED) is 0.854. The lowest BCUT2D eigenvalue weighted by Crippen LogP contribution is -1.97. The SMILES string of the molecule is CC1(C)CC1c1nc(C2CC2)c(CN)s1. The Morgan fingerprint density at radius 2 is 2.13 bits per heavy atom. The van der Waals surface area contributed by atoms with Crippen LogP contribution in [0, 0.1) is 5.41 Å². The molecule has 3 heteroatoms. The maximum absolute atomic E-state index is 5.79. The second-order valence-corrected chi connectivity index (χ2v) is 6.70. The van der Waals surface area contributed by atoms with Crippen molar-refractivity contribution in [2.24, 2.45) is 11.1 Å². The van der Waals surface area contributed by atoms with E-state index in [1.165, 1.54) is 34.8 Å². The van der Waals surface area contributed by atoms with Crippen LogP contribution >= 0.6 is 11.3 Å². The molecule has 2 nitrogen and oxygen atoms in total. The molecule has 2 N–H and O–H groups in total. The topological polar surface area (TPSA) is 38.9 Å². The lowest BCUT2D eigenvalue weighted by Gasteiger charge is -1.97. The monoisotopic (exact) mass is 222 g/mol. The van der Waals surface area contributed by atoms with E-state index in [9.17, 15) is 0 Å². The number of thiazole rings is 1. The Morgan fingerprint density at radius 1 is 1.47 bits per heavy atom.